The Bertz CT molecular complexity index is 860. The molecule has 29 heavy (non-hydrogen) atoms. The van der Waals surface area contributed by atoms with Crippen LogP contribution < -0.4 is 0 Å². The third-order valence-corrected chi connectivity index (χ3v) is 4.80. The summed E-state index contributed by atoms with van der Waals surface area (Å²) in [6.07, 6.45) is 2.01. The highest BCUT2D eigenvalue weighted by atomic mass is 16.6. The smallest absolute Gasteiger partial charge is 0.409 e. The van der Waals surface area contributed by atoms with E-state index in [1.165, 1.54) is 0 Å². The van der Waals surface area contributed by atoms with Crippen LogP contribution in [0.3, 0.4) is 0 Å². The maximum Gasteiger partial charge on any atom is 0.409 e. The molecular weight excluding hydrogens is 370 g/mol. The monoisotopic (exact) mass is 399 g/mol. The zero-order valence-electron chi connectivity index (χ0n) is 17.6. The highest BCUT2D eigenvalue weighted by molar-refractivity contribution is 5.94. The number of hydrogen-bond acceptors (Lipinski definition) is 5. The van der Waals surface area contributed by atoms with E-state index < -0.39 is 0 Å². The molecule has 1 fully saturated rings. The first kappa shape index (κ1) is 20.8. The van der Waals surface area contributed by atoms with Gasteiger partial charge in [0.15, 0.2) is 5.82 Å². The molecule has 156 valence electrons. The van der Waals surface area contributed by atoms with Gasteiger partial charge in [-0.2, -0.15) is 5.10 Å². The van der Waals surface area contributed by atoms with Gasteiger partial charge in [-0.1, -0.05) is 13.8 Å². The number of hydrogen-bond donors (Lipinski definition) is 0. The quantitative estimate of drug-likeness (QED) is 0.790. The summed E-state index contributed by atoms with van der Waals surface area (Å²) in [6.45, 7) is 10.5. The molecule has 0 atom stereocenters. The molecule has 0 unspecified atom stereocenters. The third-order valence-electron chi connectivity index (χ3n) is 4.80. The second-order valence-corrected chi connectivity index (χ2v) is 7.85. The van der Waals surface area contributed by atoms with Gasteiger partial charge in [-0.3, -0.25) is 4.79 Å². The second kappa shape index (κ2) is 9.07. The number of nitrogens with zero attached hydrogens (tertiary/aromatic N) is 5. The number of pyridine rings is 1. The van der Waals surface area contributed by atoms with Crippen molar-refractivity contribution in [3.8, 4) is 5.82 Å². The van der Waals surface area contributed by atoms with E-state index in [9.17, 15) is 9.59 Å². The van der Waals surface area contributed by atoms with E-state index in [1.54, 1.807) is 32.8 Å². The molecule has 3 rings (SSSR count). The Morgan fingerprint density at radius 3 is 2.45 bits per heavy atom. The van der Waals surface area contributed by atoms with Crippen LogP contribution in [-0.4, -0.2) is 69.4 Å². The van der Waals surface area contributed by atoms with Crippen molar-refractivity contribution >= 4 is 12.0 Å². The number of amides is 2. The molecule has 8 heteroatoms. The van der Waals surface area contributed by atoms with E-state index in [0.717, 1.165) is 17.8 Å². The SMILES string of the molecule is Cc1cc(C)n(-c2ccc(C(=O)N3CCCN(C(=O)OCC(C)C)CC3)cn2)n1. The van der Waals surface area contributed by atoms with Crippen LogP contribution in [0.4, 0.5) is 4.79 Å². The lowest BCUT2D eigenvalue weighted by molar-refractivity contribution is 0.0746. The molecule has 0 spiro atoms. The lowest BCUT2D eigenvalue weighted by Crippen LogP contribution is -2.38. The van der Waals surface area contributed by atoms with Crippen molar-refractivity contribution in [3.05, 3.63) is 41.3 Å². The maximum atomic E-state index is 12.9. The molecule has 0 radical (unpaired) electrons. The van der Waals surface area contributed by atoms with Gasteiger partial charge in [-0.25, -0.2) is 14.5 Å². The van der Waals surface area contributed by atoms with Gasteiger partial charge >= 0.3 is 6.09 Å². The number of rotatable bonds is 4. The second-order valence-electron chi connectivity index (χ2n) is 7.85. The van der Waals surface area contributed by atoms with E-state index in [4.69, 9.17) is 4.74 Å². The van der Waals surface area contributed by atoms with Crippen molar-refractivity contribution in [3.63, 3.8) is 0 Å². The molecule has 8 nitrogen and oxygen atoms in total. The van der Waals surface area contributed by atoms with Gasteiger partial charge in [0.25, 0.3) is 5.91 Å². The molecule has 1 aliphatic heterocycles. The van der Waals surface area contributed by atoms with Crippen molar-refractivity contribution in [1.29, 1.82) is 0 Å². The number of aromatic nitrogens is 3. The summed E-state index contributed by atoms with van der Waals surface area (Å²) >= 11 is 0. The summed E-state index contributed by atoms with van der Waals surface area (Å²) in [5.41, 5.74) is 2.45. The lowest BCUT2D eigenvalue weighted by Gasteiger charge is -2.22. The fraction of sp³-hybridized carbons (Fsp3) is 0.524. The van der Waals surface area contributed by atoms with Crippen LogP contribution in [-0.2, 0) is 4.74 Å². The van der Waals surface area contributed by atoms with E-state index in [0.29, 0.717) is 50.1 Å². The van der Waals surface area contributed by atoms with Gasteiger partial charge in [0.05, 0.1) is 17.9 Å². The highest BCUT2D eigenvalue weighted by Gasteiger charge is 2.24. The number of carbonyl (C=O) groups is 2. The summed E-state index contributed by atoms with van der Waals surface area (Å²) < 4.78 is 7.07. The molecule has 2 aromatic rings. The van der Waals surface area contributed by atoms with Crippen molar-refractivity contribution in [2.45, 2.75) is 34.1 Å². The van der Waals surface area contributed by atoms with Gasteiger partial charge in [0.1, 0.15) is 0 Å². The Kier molecular flexibility index (Phi) is 6.51. The summed E-state index contributed by atoms with van der Waals surface area (Å²) in [5, 5.41) is 4.42. The van der Waals surface area contributed by atoms with E-state index in [1.807, 2.05) is 33.8 Å². The zero-order chi connectivity index (χ0) is 21.0. The van der Waals surface area contributed by atoms with Crippen molar-refractivity contribution in [2.75, 3.05) is 32.8 Å². The van der Waals surface area contributed by atoms with E-state index >= 15 is 0 Å². The predicted octanol–water partition coefficient (Wildman–Crippen LogP) is 2.82. The fourth-order valence-electron chi connectivity index (χ4n) is 3.31. The molecule has 0 bridgehead atoms. The van der Waals surface area contributed by atoms with Crippen LogP contribution in [0, 0.1) is 19.8 Å². The Labute approximate surface area is 171 Å². The molecule has 1 saturated heterocycles. The van der Waals surface area contributed by atoms with Gasteiger partial charge in [-0.05, 0) is 44.4 Å². The molecule has 0 N–H and O–H groups in total. The van der Waals surface area contributed by atoms with Gasteiger partial charge in [0, 0.05) is 38.1 Å². The van der Waals surface area contributed by atoms with E-state index in [2.05, 4.69) is 10.1 Å². The molecule has 1 aliphatic rings. The standard InChI is InChI=1S/C21H29N5O3/c1-15(2)14-29-21(28)25-9-5-8-24(10-11-25)20(27)18-6-7-19(22-13-18)26-17(4)12-16(3)23-26/h6-7,12-13,15H,5,8-11,14H2,1-4H3. The van der Waals surface area contributed by atoms with E-state index in [-0.39, 0.29) is 12.0 Å². The highest BCUT2D eigenvalue weighted by Crippen LogP contribution is 2.13. The average Bonchev–Trinajstić information content (AvgIpc) is 2.90. The fourth-order valence-corrected chi connectivity index (χ4v) is 3.31. The molecule has 3 heterocycles. The van der Waals surface area contributed by atoms with Gasteiger partial charge < -0.3 is 14.5 Å². The predicted molar refractivity (Wildman–Crippen MR) is 109 cm³/mol. The van der Waals surface area contributed by atoms with Crippen LogP contribution in [0.5, 0.6) is 0 Å². The Morgan fingerprint density at radius 2 is 1.83 bits per heavy atom. The number of aryl methyl sites for hydroxylation is 2. The zero-order valence-corrected chi connectivity index (χ0v) is 17.6. The van der Waals surface area contributed by atoms with Crippen molar-refractivity contribution < 1.29 is 14.3 Å². The normalized spacial score (nSPS) is 14.8. The third kappa shape index (κ3) is 5.13. The van der Waals surface area contributed by atoms with Gasteiger partial charge in [0.2, 0.25) is 0 Å². The molecule has 2 aromatic heterocycles. The number of carbonyl (C=O) groups excluding carboxylic acids is 2. The van der Waals surface area contributed by atoms with Crippen LogP contribution >= 0.6 is 0 Å². The Balaban J connectivity index is 1.62. The van der Waals surface area contributed by atoms with Crippen LogP contribution in [0.25, 0.3) is 5.82 Å². The van der Waals surface area contributed by atoms with Crippen LogP contribution in [0.1, 0.15) is 42.0 Å². The lowest BCUT2D eigenvalue weighted by atomic mass is 10.2. The largest absolute Gasteiger partial charge is 0.449 e. The minimum Gasteiger partial charge on any atom is -0.449 e. The van der Waals surface area contributed by atoms with Crippen molar-refractivity contribution in [1.82, 2.24) is 24.6 Å². The van der Waals surface area contributed by atoms with Crippen LogP contribution in [0.15, 0.2) is 24.4 Å². The minimum atomic E-state index is -0.302. The topological polar surface area (TPSA) is 80.6 Å². The minimum absolute atomic E-state index is 0.0742. The van der Waals surface area contributed by atoms with Crippen LogP contribution in [0.2, 0.25) is 0 Å². The summed E-state index contributed by atoms with van der Waals surface area (Å²) in [4.78, 5) is 32.9. The molecule has 0 aliphatic carbocycles. The first-order chi connectivity index (χ1) is 13.8. The Hall–Kier alpha value is -2.90. The summed E-state index contributed by atoms with van der Waals surface area (Å²) in [6, 6.07) is 5.57. The maximum absolute atomic E-state index is 12.9. The Morgan fingerprint density at radius 1 is 1.10 bits per heavy atom. The van der Waals surface area contributed by atoms with Gasteiger partial charge in [-0.15, -0.1) is 0 Å². The summed E-state index contributed by atoms with van der Waals surface area (Å²) in [7, 11) is 0. The first-order valence-electron chi connectivity index (χ1n) is 10.1. The molecule has 2 amide bonds. The average molecular weight is 399 g/mol. The molecule has 0 saturated carbocycles. The number of ether oxygens (including phenoxy) is 1. The first-order valence-corrected chi connectivity index (χ1v) is 10.1. The summed E-state index contributed by atoms with van der Waals surface area (Å²) in [5.74, 6) is 0.908. The molecular formula is C21H29N5O3. The molecule has 0 aromatic carbocycles. The van der Waals surface area contributed by atoms with Crippen molar-refractivity contribution in [2.24, 2.45) is 5.92 Å².